The molecular formula is C25H27NO6. The Bertz CT molecular complexity index is 971. The van der Waals surface area contributed by atoms with Crippen molar-refractivity contribution in [2.75, 3.05) is 20.8 Å². The molecule has 1 aromatic heterocycles. The first-order chi connectivity index (χ1) is 15.5. The van der Waals surface area contributed by atoms with Gasteiger partial charge in [0.2, 0.25) is 0 Å². The zero-order valence-electron chi connectivity index (χ0n) is 18.6. The number of pyridine rings is 1. The lowest BCUT2D eigenvalue weighted by Gasteiger charge is -2.00. The number of aromatic nitrogens is 1. The fourth-order valence-electron chi connectivity index (χ4n) is 2.29. The van der Waals surface area contributed by atoms with Crippen LogP contribution in [0.2, 0.25) is 0 Å². The molecular weight excluding hydrogens is 410 g/mol. The number of methoxy groups -OCH3 is 2. The van der Waals surface area contributed by atoms with Gasteiger partial charge in [0.1, 0.15) is 12.0 Å². The number of benzene rings is 2. The summed E-state index contributed by atoms with van der Waals surface area (Å²) < 4.78 is 14.2. The predicted octanol–water partition coefficient (Wildman–Crippen LogP) is 4.55. The van der Waals surface area contributed by atoms with Crippen molar-refractivity contribution < 1.29 is 28.6 Å². The first-order valence-electron chi connectivity index (χ1n) is 9.77. The van der Waals surface area contributed by atoms with E-state index >= 15 is 0 Å². The third-order valence-corrected chi connectivity index (χ3v) is 3.97. The van der Waals surface area contributed by atoms with E-state index in [-0.39, 0.29) is 11.9 Å². The third-order valence-electron chi connectivity index (χ3n) is 3.97. The predicted molar refractivity (Wildman–Crippen MR) is 121 cm³/mol. The van der Waals surface area contributed by atoms with Gasteiger partial charge in [0.15, 0.2) is 0 Å². The maximum Gasteiger partial charge on any atom is 0.339 e. The first-order valence-corrected chi connectivity index (χ1v) is 9.77. The van der Waals surface area contributed by atoms with E-state index in [1.165, 1.54) is 13.3 Å². The Morgan fingerprint density at radius 2 is 1.62 bits per heavy atom. The molecule has 0 N–H and O–H groups in total. The second kappa shape index (κ2) is 14.9. The van der Waals surface area contributed by atoms with Crippen molar-refractivity contribution in [2.24, 2.45) is 0 Å². The van der Waals surface area contributed by atoms with Crippen molar-refractivity contribution in [1.29, 1.82) is 0 Å². The van der Waals surface area contributed by atoms with Crippen LogP contribution in [0.5, 0.6) is 5.75 Å². The van der Waals surface area contributed by atoms with Gasteiger partial charge in [-0.25, -0.2) is 9.59 Å². The van der Waals surface area contributed by atoms with Gasteiger partial charge in [0, 0.05) is 18.0 Å². The molecule has 0 amide bonds. The molecule has 3 rings (SSSR count). The number of hydrogen-bond acceptors (Lipinski definition) is 7. The molecule has 7 heteroatoms. The highest BCUT2D eigenvalue weighted by Crippen LogP contribution is 2.09. The van der Waals surface area contributed by atoms with Gasteiger partial charge in [0.25, 0.3) is 0 Å². The second-order valence-corrected chi connectivity index (χ2v) is 6.16. The van der Waals surface area contributed by atoms with Crippen molar-refractivity contribution in [3.8, 4) is 5.75 Å². The summed E-state index contributed by atoms with van der Waals surface area (Å²) >= 11 is 0. The summed E-state index contributed by atoms with van der Waals surface area (Å²) in [6.45, 7) is 4.05. The van der Waals surface area contributed by atoms with Crippen molar-refractivity contribution in [3.63, 3.8) is 0 Å². The van der Waals surface area contributed by atoms with Crippen LogP contribution < -0.4 is 4.74 Å². The van der Waals surface area contributed by atoms with Gasteiger partial charge in [-0.2, -0.15) is 0 Å². The SMILES string of the molecule is CCOC(=O)c1cccnc1.COC(=O)c1ccccc1C.COc1ccc(C=O)cc1. The van der Waals surface area contributed by atoms with Gasteiger partial charge < -0.3 is 14.2 Å². The van der Waals surface area contributed by atoms with Gasteiger partial charge in [-0.05, 0) is 61.9 Å². The maximum atomic E-state index is 11.0. The summed E-state index contributed by atoms with van der Waals surface area (Å²) in [6.07, 6.45) is 3.90. The number of rotatable bonds is 5. The summed E-state index contributed by atoms with van der Waals surface area (Å²) in [4.78, 5) is 35.9. The van der Waals surface area contributed by atoms with Crippen LogP contribution in [-0.2, 0) is 9.47 Å². The molecule has 0 radical (unpaired) electrons. The highest BCUT2D eigenvalue weighted by atomic mass is 16.5. The largest absolute Gasteiger partial charge is 0.497 e. The molecule has 3 aromatic rings. The second-order valence-electron chi connectivity index (χ2n) is 6.16. The minimum absolute atomic E-state index is 0.275. The van der Waals surface area contributed by atoms with Gasteiger partial charge in [-0.1, -0.05) is 18.2 Å². The highest BCUT2D eigenvalue weighted by molar-refractivity contribution is 5.90. The van der Waals surface area contributed by atoms with E-state index in [0.717, 1.165) is 17.6 Å². The topological polar surface area (TPSA) is 91.8 Å². The summed E-state index contributed by atoms with van der Waals surface area (Å²) in [5, 5.41) is 0. The smallest absolute Gasteiger partial charge is 0.339 e. The molecule has 32 heavy (non-hydrogen) atoms. The monoisotopic (exact) mass is 437 g/mol. The highest BCUT2D eigenvalue weighted by Gasteiger charge is 2.06. The Morgan fingerprint density at radius 3 is 2.12 bits per heavy atom. The molecule has 0 atom stereocenters. The Balaban J connectivity index is 0.000000240. The van der Waals surface area contributed by atoms with Gasteiger partial charge in [0.05, 0.1) is 32.0 Å². The molecule has 1 heterocycles. The molecule has 0 spiro atoms. The number of ether oxygens (including phenoxy) is 3. The van der Waals surface area contributed by atoms with Crippen LogP contribution >= 0.6 is 0 Å². The fraction of sp³-hybridized carbons (Fsp3) is 0.200. The lowest BCUT2D eigenvalue weighted by Crippen LogP contribution is -2.04. The molecule has 0 aliphatic heterocycles. The Labute approximate surface area is 188 Å². The lowest BCUT2D eigenvalue weighted by atomic mass is 10.1. The van der Waals surface area contributed by atoms with E-state index in [1.54, 1.807) is 62.7 Å². The molecule has 168 valence electrons. The fourth-order valence-corrected chi connectivity index (χ4v) is 2.29. The summed E-state index contributed by atoms with van der Waals surface area (Å²) in [5.41, 5.74) is 2.74. The van der Waals surface area contributed by atoms with E-state index in [0.29, 0.717) is 23.3 Å². The number of nitrogens with zero attached hydrogens (tertiary/aromatic N) is 1. The number of hydrogen-bond donors (Lipinski definition) is 0. The maximum absolute atomic E-state index is 11.0. The normalized spacial score (nSPS) is 9.12. The van der Waals surface area contributed by atoms with Crippen molar-refractivity contribution >= 4 is 18.2 Å². The number of carbonyl (C=O) groups is 3. The molecule has 0 saturated carbocycles. The quantitative estimate of drug-likeness (QED) is 0.427. The van der Waals surface area contributed by atoms with Crippen LogP contribution in [0, 0.1) is 6.92 Å². The summed E-state index contributed by atoms with van der Waals surface area (Å²) in [5.74, 6) is 0.175. The molecule has 7 nitrogen and oxygen atoms in total. The van der Waals surface area contributed by atoms with Crippen molar-refractivity contribution in [2.45, 2.75) is 13.8 Å². The van der Waals surface area contributed by atoms with E-state index in [1.807, 2.05) is 25.1 Å². The number of aryl methyl sites for hydroxylation is 1. The minimum atomic E-state index is -0.319. The molecule has 0 bridgehead atoms. The number of esters is 2. The van der Waals surface area contributed by atoms with Crippen LogP contribution in [0.1, 0.15) is 43.6 Å². The van der Waals surface area contributed by atoms with Crippen LogP contribution in [0.4, 0.5) is 0 Å². The average molecular weight is 437 g/mol. The first kappa shape index (κ1) is 26.0. The molecule has 0 aliphatic carbocycles. The van der Waals surface area contributed by atoms with E-state index in [9.17, 15) is 14.4 Å². The Hall–Kier alpha value is -4.00. The van der Waals surface area contributed by atoms with Crippen molar-refractivity contribution in [1.82, 2.24) is 4.98 Å². The lowest BCUT2D eigenvalue weighted by molar-refractivity contribution is 0.0524. The zero-order chi connectivity index (χ0) is 23.8. The van der Waals surface area contributed by atoms with Crippen LogP contribution in [0.25, 0.3) is 0 Å². The van der Waals surface area contributed by atoms with E-state index in [2.05, 4.69) is 9.72 Å². The third kappa shape index (κ3) is 9.21. The van der Waals surface area contributed by atoms with Gasteiger partial charge in [-0.3, -0.25) is 9.78 Å². The molecule has 0 fully saturated rings. The Morgan fingerprint density at radius 1 is 0.938 bits per heavy atom. The van der Waals surface area contributed by atoms with Gasteiger partial charge >= 0.3 is 11.9 Å². The number of carbonyl (C=O) groups excluding carboxylic acids is 3. The minimum Gasteiger partial charge on any atom is -0.497 e. The van der Waals surface area contributed by atoms with Crippen LogP contribution in [-0.4, -0.2) is 44.0 Å². The molecule has 2 aromatic carbocycles. The van der Waals surface area contributed by atoms with E-state index in [4.69, 9.17) is 9.47 Å². The van der Waals surface area contributed by atoms with Crippen LogP contribution in [0.15, 0.2) is 73.1 Å². The molecule has 0 unspecified atom stereocenters. The standard InChI is InChI=1S/C9H10O2.C8H9NO2.C8H8O2/c1-7-5-3-4-6-8(7)9(10)11-2;1-2-11-8(10)7-4-3-5-9-6-7;1-10-8-4-2-7(6-9)3-5-8/h3-6H,1-2H3;3-6H,2H2,1H3;2-6H,1H3. The Kier molecular flexibility index (Phi) is 12.1. The molecule has 0 aliphatic rings. The summed E-state index contributed by atoms with van der Waals surface area (Å²) in [7, 11) is 2.98. The number of aldehydes is 1. The van der Waals surface area contributed by atoms with E-state index < -0.39 is 0 Å². The van der Waals surface area contributed by atoms with Gasteiger partial charge in [-0.15, -0.1) is 0 Å². The zero-order valence-corrected chi connectivity index (χ0v) is 18.6. The molecule has 0 saturated heterocycles. The van der Waals surface area contributed by atoms with Crippen molar-refractivity contribution in [3.05, 3.63) is 95.3 Å². The average Bonchev–Trinajstić information content (AvgIpc) is 2.85. The summed E-state index contributed by atoms with van der Waals surface area (Å²) in [6, 6.07) is 17.6. The van der Waals surface area contributed by atoms with Crippen LogP contribution in [0.3, 0.4) is 0 Å².